The van der Waals surface area contributed by atoms with E-state index in [9.17, 15) is 0 Å². The molecular formula is C22H26N6O2. The number of nitrogens with two attached hydrogens (primary N) is 1. The second kappa shape index (κ2) is 8.20. The molecule has 1 aliphatic rings. The number of hydrogen-bond donors (Lipinski definition) is 1. The molecule has 3 aromatic rings. The van der Waals surface area contributed by atoms with Crippen LogP contribution in [0.2, 0.25) is 0 Å². The Morgan fingerprint density at radius 1 is 1.10 bits per heavy atom. The van der Waals surface area contributed by atoms with Crippen LogP contribution < -0.4 is 15.2 Å². The lowest BCUT2D eigenvalue weighted by Gasteiger charge is -2.20. The first-order valence-corrected chi connectivity index (χ1v) is 9.98. The Balaban J connectivity index is 1.76. The number of likely N-dealkylation sites (tertiary alicyclic amines) is 1. The predicted molar refractivity (Wildman–Crippen MR) is 116 cm³/mol. The number of aromatic nitrogens is 4. The molecule has 3 heterocycles. The zero-order valence-electron chi connectivity index (χ0n) is 17.7. The van der Waals surface area contributed by atoms with Gasteiger partial charge in [0.05, 0.1) is 25.6 Å². The van der Waals surface area contributed by atoms with E-state index in [1.54, 1.807) is 14.2 Å². The Morgan fingerprint density at radius 2 is 1.83 bits per heavy atom. The van der Waals surface area contributed by atoms with Crippen LogP contribution in [0, 0.1) is 11.8 Å². The third-order valence-electron chi connectivity index (χ3n) is 5.47. The number of hydrogen-bond acceptors (Lipinski definition) is 7. The van der Waals surface area contributed by atoms with Gasteiger partial charge in [-0.1, -0.05) is 5.92 Å². The summed E-state index contributed by atoms with van der Waals surface area (Å²) in [6.07, 6.45) is 2.49. The molecule has 2 aromatic heterocycles. The summed E-state index contributed by atoms with van der Waals surface area (Å²) in [4.78, 5) is 11.1. The van der Waals surface area contributed by atoms with Gasteiger partial charge in [-0.15, -0.1) is 0 Å². The zero-order valence-corrected chi connectivity index (χ0v) is 17.7. The van der Waals surface area contributed by atoms with E-state index >= 15 is 0 Å². The molecule has 4 rings (SSSR count). The fourth-order valence-electron chi connectivity index (χ4n) is 3.79. The van der Waals surface area contributed by atoms with Gasteiger partial charge in [0.15, 0.2) is 5.65 Å². The summed E-state index contributed by atoms with van der Waals surface area (Å²) in [5.74, 6) is 8.05. The van der Waals surface area contributed by atoms with E-state index in [1.165, 1.54) is 6.33 Å². The summed E-state index contributed by atoms with van der Waals surface area (Å²) in [7, 11) is 3.22. The second-order valence-corrected chi connectivity index (χ2v) is 7.63. The van der Waals surface area contributed by atoms with Gasteiger partial charge in [0, 0.05) is 30.8 Å². The molecule has 0 spiro atoms. The van der Waals surface area contributed by atoms with Gasteiger partial charge in [-0.3, -0.25) is 4.90 Å². The van der Waals surface area contributed by atoms with Crippen LogP contribution in [0.5, 0.6) is 11.5 Å². The van der Waals surface area contributed by atoms with Crippen LogP contribution in [0.25, 0.3) is 11.0 Å². The lowest BCUT2D eigenvalue weighted by molar-refractivity contribution is 0.263. The van der Waals surface area contributed by atoms with Gasteiger partial charge in [0.2, 0.25) is 0 Å². The van der Waals surface area contributed by atoms with Crippen molar-refractivity contribution < 1.29 is 9.47 Å². The SMILES string of the molecule is COc1cc(C#Cc2nn([C@H]3CCN(C(C)C)C3)c3ncnc(N)c23)cc(OC)c1. The third-order valence-corrected chi connectivity index (χ3v) is 5.47. The van der Waals surface area contributed by atoms with Crippen LogP contribution in [0.1, 0.15) is 37.6 Å². The fourth-order valence-corrected chi connectivity index (χ4v) is 3.79. The third kappa shape index (κ3) is 3.76. The summed E-state index contributed by atoms with van der Waals surface area (Å²) in [6, 6.07) is 6.25. The Kier molecular flexibility index (Phi) is 5.46. The average molecular weight is 406 g/mol. The van der Waals surface area contributed by atoms with Gasteiger partial charge >= 0.3 is 0 Å². The number of benzene rings is 1. The number of rotatable bonds is 4. The van der Waals surface area contributed by atoms with Crippen molar-refractivity contribution in [2.75, 3.05) is 33.0 Å². The minimum absolute atomic E-state index is 0.233. The second-order valence-electron chi connectivity index (χ2n) is 7.63. The summed E-state index contributed by atoms with van der Waals surface area (Å²) in [5.41, 5.74) is 8.25. The maximum absolute atomic E-state index is 6.18. The quantitative estimate of drug-likeness (QED) is 0.666. The number of nitrogen functional groups attached to an aromatic ring is 1. The number of nitrogens with zero attached hydrogens (tertiary/aromatic N) is 5. The largest absolute Gasteiger partial charge is 0.497 e. The van der Waals surface area contributed by atoms with E-state index in [4.69, 9.17) is 20.3 Å². The van der Waals surface area contributed by atoms with Gasteiger partial charge < -0.3 is 15.2 Å². The normalized spacial score (nSPS) is 16.6. The maximum Gasteiger partial charge on any atom is 0.164 e. The maximum atomic E-state index is 6.18. The molecule has 0 radical (unpaired) electrons. The number of fused-ring (bicyclic) bond motifs is 1. The molecule has 1 saturated heterocycles. The fraction of sp³-hybridized carbons (Fsp3) is 0.409. The van der Waals surface area contributed by atoms with Crippen LogP contribution in [0.3, 0.4) is 0 Å². The van der Waals surface area contributed by atoms with Crippen LogP contribution in [0.15, 0.2) is 24.5 Å². The van der Waals surface area contributed by atoms with Crippen molar-refractivity contribution in [2.45, 2.75) is 32.4 Å². The van der Waals surface area contributed by atoms with Gasteiger partial charge in [-0.2, -0.15) is 5.10 Å². The lowest BCUT2D eigenvalue weighted by Crippen LogP contribution is -2.28. The van der Waals surface area contributed by atoms with E-state index in [1.807, 2.05) is 22.9 Å². The molecule has 1 aliphatic heterocycles. The van der Waals surface area contributed by atoms with Gasteiger partial charge in [0.1, 0.15) is 29.3 Å². The molecule has 1 atom stereocenters. The molecular weight excluding hydrogens is 380 g/mol. The number of ether oxygens (including phenoxy) is 2. The van der Waals surface area contributed by atoms with Crippen LogP contribution in [-0.4, -0.2) is 58.0 Å². The van der Waals surface area contributed by atoms with Crippen LogP contribution >= 0.6 is 0 Å². The number of methoxy groups -OCH3 is 2. The van der Waals surface area contributed by atoms with Crippen LogP contribution in [0.4, 0.5) is 5.82 Å². The van der Waals surface area contributed by atoms with Crippen molar-refractivity contribution in [1.82, 2.24) is 24.6 Å². The minimum Gasteiger partial charge on any atom is -0.497 e. The zero-order chi connectivity index (χ0) is 21.3. The average Bonchev–Trinajstić information content (AvgIpc) is 3.37. The van der Waals surface area contributed by atoms with Gasteiger partial charge in [0.25, 0.3) is 0 Å². The van der Waals surface area contributed by atoms with Crippen molar-refractivity contribution >= 4 is 16.9 Å². The summed E-state index contributed by atoms with van der Waals surface area (Å²) in [5, 5.41) is 5.49. The molecule has 8 nitrogen and oxygen atoms in total. The van der Waals surface area contributed by atoms with E-state index < -0.39 is 0 Å². The molecule has 0 unspecified atom stereocenters. The summed E-state index contributed by atoms with van der Waals surface area (Å²) < 4.78 is 12.6. The standard InChI is InChI=1S/C22H26N6O2/c1-14(2)27-8-7-16(12-27)28-22-20(21(23)24-13-25-22)19(26-28)6-5-15-9-17(29-3)11-18(10-15)30-4/h9-11,13-14,16H,7-8,12H2,1-4H3,(H2,23,24,25)/t16-/m0/s1. The Labute approximate surface area is 176 Å². The summed E-state index contributed by atoms with van der Waals surface area (Å²) >= 11 is 0. The minimum atomic E-state index is 0.233. The van der Waals surface area contributed by atoms with Crippen molar-refractivity contribution in [1.29, 1.82) is 0 Å². The number of anilines is 1. The van der Waals surface area contributed by atoms with E-state index in [-0.39, 0.29) is 6.04 Å². The predicted octanol–water partition coefficient (Wildman–Crippen LogP) is 2.48. The molecule has 2 N–H and O–H groups in total. The molecule has 0 amide bonds. The van der Waals surface area contributed by atoms with Crippen molar-refractivity contribution in [3.05, 3.63) is 35.8 Å². The molecule has 0 saturated carbocycles. The highest BCUT2D eigenvalue weighted by atomic mass is 16.5. The van der Waals surface area contributed by atoms with Gasteiger partial charge in [-0.05, 0) is 38.3 Å². The van der Waals surface area contributed by atoms with E-state index in [0.29, 0.717) is 34.4 Å². The first-order chi connectivity index (χ1) is 14.5. The lowest BCUT2D eigenvalue weighted by atomic mass is 10.2. The molecule has 30 heavy (non-hydrogen) atoms. The molecule has 0 bridgehead atoms. The first kappa shape index (κ1) is 20.0. The highest BCUT2D eigenvalue weighted by molar-refractivity contribution is 5.90. The molecule has 1 aromatic carbocycles. The van der Waals surface area contributed by atoms with Crippen molar-refractivity contribution in [2.24, 2.45) is 0 Å². The van der Waals surface area contributed by atoms with E-state index in [0.717, 1.165) is 30.7 Å². The Morgan fingerprint density at radius 3 is 2.47 bits per heavy atom. The highest BCUT2D eigenvalue weighted by Gasteiger charge is 2.28. The van der Waals surface area contributed by atoms with Gasteiger partial charge in [-0.25, -0.2) is 14.6 Å². The smallest absolute Gasteiger partial charge is 0.164 e. The molecule has 8 heteroatoms. The Hall–Kier alpha value is -3.31. The molecule has 156 valence electrons. The molecule has 1 fully saturated rings. The monoisotopic (exact) mass is 406 g/mol. The van der Waals surface area contributed by atoms with E-state index in [2.05, 4.69) is 40.6 Å². The highest BCUT2D eigenvalue weighted by Crippen LogP contribution is 2.29. The Bertz CT molecular complexity index is 1110. The molecule has 0 aliphatic carbocycles. The first-order valence-electron chi connectivity index (χ1n) is 9.98. The van der Waals surface area contributed by atoms with Crippen LogP contribution in [-0.2, 0) is 0 Å². The topological polar surface area (TPSA) is 91.3 Å². The van der Waals surface area contributed by atoms with Crippen molar-refractivity contribution in [3.8, 4) is 23.3 Å². The van der Waals surface area contributed by atoms with Crippen molar-refractivity contribution in [3.63, 3.8) is 0 Å². The summed E-state index contributed by atoms with van der Waals surface area (Å²) in [6.45, 7) is 6.39.